The lowest BCUT2D eigenvalue weighted by Crippen LogP contribution is -2.12. The minimum absolute atomic E-state index is 0.191. The van der Waals surface area contributed by atoms with Gasteiger partial charge in [0.15, 0.2) is 5.69 Å². The van der Waals surface area contributed by atoms with Gasteiger partial charge in [-0.1, -0.05) is 0 Å². The smallest absolute Gasteiger partial charge is 0.356 e. The molecule has 4 rings (SSSR count). The normalized spacial score (nSPS) is 12.3. The van der Waals surface area contributed by atoms with Crippen LogP contribution in [0, 0.1) is 62.3 Å². The van der Waals surface area contributed by atoms with Gasteiger partial charge in [-0.3, -0.25) is 4.68 Å². The molecule has 0 bridgehead atoms. The van der Waals surface area contributed by atoms with E-state index in [0.29, 0.717) is 13.0 Å². The summed E-state index contributed by atoms with van der Waals surface area (Å²) in [6.45, 7) is 20.1. The molecule has 0 amide bonds. The van der Waals surface area contributed by atoms with E-state index in [4.69, 9.17) is 0 Å². The molecule has 0 saturated heterocycles. The first kappa shape index (κ1) is 21.4. The van der Waals surface area contributed by atoms with E-state index >= 15 is 0 Å². The fourth-order valence-corrected chi connectivity index (χ4v) is 5.31. The third kappa shape index (κ3) is 2.88. The number of hydrogen-bond acceptors (Lipinski definition) is 2. The molecule has 0 atom stereocenters. The van der Waals surface area contributed by atoms with Crippen molar-refractivity contribution in [1.82, 2.24) is 9.78 Å². The highest BCUT2D eigenvalue weighted by atomic mass is 16.4. The highest BCUT2D eigenvalue weighted by Gasteiger charge is 2.34. The molecule has 1 heterocycles. The first-order valence-corrected chi connectivity index (χ1v) is 11.0. The van der Waals surface area contributed by atoms with E-state index in [2.05, 4.69) is 67.4 Å². The number of hydrogen-bond donors (Lipinski definition) is 1. The van der Waals surface area contributed by atoms with Gasteiger partial charge in [-0.05, 0) is 124 Å². The van der Waals surface area contributed by atoms with Crippen LogP contribution < -0.4 is 0 Å². The van der Waals surface area contributed by atoms with Gasteiger partial charge in [-0.25, -0.2) is 4.79 Å². The number of aromatic carboxylic acids is 1. The second-order valence-electron chi connectivity index (χ2n) is 9.27. The number of carboxylic acids is 1. The Kier molecular flexibility index (Phi) is 4.88. The van der Waals surface area contributed by atoms with Gasteiger partial charge in [-0.2, -0.15) is 5.10 Å². The SMILES string of the molecule is Cc1c(C)c(C)c(Cn2nc(C(=O)O)c3c2-c2c(C)c(C)c(C)c(C)c2C3)c(C)c1C. The van der Waals surface area contributed by atoms with Crippen LogP contribution in [0.3, 0.4) is 0 Å². The summed E-state index contributed by atoms with van der Waals surface area (Å²) >= 11 is 0. The highest BCUT2D eigenvalue weighted by Crippen LogP contribution is 2.45. The highest BCUT2D eigenvalue weighted by molar-refractivity contribution is 5.93. The minimum atomic E-state index is -0.948. The van der Waals surface area contributed by atoms with Crippen LogP contribution in [-0.4, -0.2) is 20.9 Å². The Morgan fingerprint density at radius 3 is 1.77 bits per heavy atom. The predicted octanol–water partition coefficient (Wildman–Crippen LogP) is 5.98. The maximum absolute atomic E-state index is 12.1. The van der Waals surface area contributed by atoms with Crippen molar-refractivity contribution in [3.63, 3.8) is 0 Å². The summed E-state index contributed by atoms with van der Waals surface area (Å²) in [7, 11) is 0. The first-order valence-electron chi connectivity index (χ1n) is 11.0. The van der Waals surface area contributed by atoms with E-state index in [1.54, 1.807) is 0 Å². The Morgan fingerprint density at radius 1 is 0.742 bits per heavy atom. The van der Waals surface area contributed by atoms with Gasteiger partial charge < -0.3 is 5.11 Å². The summed E-state index contributed by atoms with van der Waals surface area (Å²) in [6, 6.07) is 0. The molecule has 1 aromatic heterocycles. The molecule has 1 aliphatic rings. The Balaban J connectivity index is 2.00. The Hall–Kier alpha value is -2.88. The van der Waals surface area contributed by atoms with E-state index in [0.717, 1.165) is 11.3 Å². The Labute approximate surface area is 184 Å². The zero-order valence-corrected chi connectivity index (χ0v) is 20.2. The molecule has 31 heavy (non-hydrogen) atoms. The van der Waals surface area contributed by atoms with Gasteiger partial charge in [0.2, 0.25) is 0 Å². The van der Waals surface area contributed by atoms with E-state index in [1.807, 2.05) is 4.68 Å². The summed E-state index contributed by atoms with van der Waals surface area (Å²) < 4.78 is 1.95. The van der Waals surface area contributed by atoms with E-state index in [9.17, 15) is 9.90 Å². The summed E-state index contributed by atoms with van der Waals surface area (Å²) in [5.41, 5.74) is 17.3. The summed E-state index contributed by atoms with van der Waals surface area (Å²) in [5.74, 6) is -0.948. The molecule has 1 aliphatic carbocycles. The first-order chi connectivity index (χ1) is 14.5. The number of carboxylic acid groups (broad SMARTS) is 1. The van der Waals surface area contributed by atoms with Crippen LogP contribution in [0.15, 0.2) is 0 Å². The molecular weight excluding hydrogens is 384 g/mol. The number of carbonyl (C=O) groups is 1. The van der Waals surface area contributed by atoms with Gasteiger partial charge >= 0.3 is 5.97 Å². The molecule has 0 unspecified atom stereocenters. The summed E-state index contributed by atoms with van der Waals surface area (Å²) in [5, 5.41) is 14.5. The lowest BCUT2D eigenvalue weighted by molar-refractivity contribution is 0.0688. The number of fused-ring (bicyclic) bond motifs is 3. The van der Waals surface area contributed by atoms with Gasteiger partial charge in [0.25, 0.3) is 0 Å². The van der Waals surface area contributed by atoms with Crippen LogP contribution in [0.5, 0.6) is 0 Å². The van der Waals surface area contributed by atoms with Gasteiger partial charge in [0.05, 0.1) is 12.2 Å². The molecule has 0 aliphatic heterocycles. The zero-order valence-electron chi connectivity index (χ0n) is 20.2. The number of aromatic nitrogens is 2. The fraction of sp³-hybridized carbons (Fsp3) is 0.407. The predicted molar refractivity (Wildman–Crippen MR) is 126 cm³/mol. The van der Waals surface area contributed by atoms with Crippen LogP contribution in [0.25, 0.3) is 11.3 Å². The lowest BCUT2D eigenvalue weighted by atomic mass is 9.89. The number of benzene rings is 2. The number of nitrogens with zero attached hydrogens (tertiary/aromatic N) is 2. The quantitative estimate of drug-likeness (QED) is 0.447. The average Bonchev–Trinajstić information content (AvgIpc) is 3.28. The molecule has 0 fully saturated rings. The van der Waals surface area contributed by atoms with Crippen molar-refractivity contribution < 1.29 is 9.90 Å². The van der Waals surface area contributed by atoms with Crippen molar-refractivity contribution in [2.24, 2.45) is 0 Å². The van der Waals surface area contributed by atoms with E-state index < -0.39 is 5.97 Å². The average molecular weight is 417 g/mol. The molecule has 162 valence electrons. The summed E-state index contributed by atoms with van der Waals surface area (Å²) in [6.07, 6.45) is 0.643. The summed E-state index contributed by atoms with van der Waals surface area (Å²) in [4.78, 5) is 12.1. The van der Waals surface area contributed by atoms with Crippen LogP contribution in [0.2, 0.25) is 0 Å². The monoisotopic (exact) mass is 416 g/mol. The van der Waals surface area contributed by atoms with Crippen molar-refractivity contribution >= 4 is 5.97 Å². The van der Waals surface area contributed by atoms with Gasteiger partial charge in [-0.15, -0.1) is 0 Å². The molecule has 0 spiro atoms. The maximum atomic E-state index is 12.1. The minimum Gasteiger partial charge on any atom is -0.476 e. The lowest BCUT2D eigenvalue weighted by Gasteiger charge is -2.21. The van der Waals surface area contributed by atoms with Crippen LogP contribution in [0.1, 0.15) is 77.2 Å². The van der Waals surface area contributed by atoms with Crippen molar-refractivity contribution in [2.75, 3.05) is 0 Å². The van der Waals surface area contributed by atoms with Gasteiger partial charge in [0.1, 0.15) is 0 Å². The second-order valence-corrected chi connectivity index (χ2v) is 9.27. The topological polar surface area (TPSA) is 55.1 Å². The third-order valence-electron chi connectivity index (χ3n) is 8.12. The van der Waals surface area contributed by atoms with Crippen molar-refractivity contribution in [2.45, 2.75) is 75.3 Å². The van der Waals surface area contributed by atoms with Gasteiger partial charge in [0, 0.05) is 17.5 Å². The van der Waals surface area contributed by atoms with Crippen molar-refractivity contribution in [3.05, 3.63) is 72.5 Å². The molecule has 2 aromatic carbocycles. The molecule has 1 N–H and O–H groups in total. The maximum Gasteiger partial charge on any atom is 0.356 e. The Bertz CT molecular complexity index is 1260. The molecule has 4 nitrogen and oxygen atoms in total. The number of rotatable bonds is 3. The molecule has 4 heteroatoms. The Morgan fingerprint density at radius 2 is 1.23 bits per heavy atom. The molecule has 0 saturated carbocycles. The zero-order chi connectivity index (χ0) is 22.9. The second kappa shape index (κ2) is 7.08. The third-order valence-corrected chi connectivity index (χ3v) is 8.12. The molecule has 0 radical (unpaired) electrons. The van der Waals surface area contributed by atoms with Crippen LogP contribution in [-0.2, 0) is 13.0 Å². The van der Waals surface area contributed by atoms with Crippen LogP contribution in [0.4, 0.5) is 0 Å². The van der Waals surface area contributed by atoms with Crippen LogP contribution >= 0.6 is 0 Å². The fourth-order valence-electron chi connectivity index (χ4n) is 5.31. The van der Waals surface area contributed by atoms with E-state index in [-0.39, 0.29) is 5.69 Å². The largest absolute Gasteiger partial charge is 0.476 e. The molecular formula is C27H32N2O2. The van der Waals surface area contributed by atoms with Crippen molar-refractivity contribution in [3.8, 4) is 11.3 Å². The van der Waals surface area contributed by atoms with E-state index in [1.165, 1.54) is 66.8 Å². The molecule has 3 aromatic rings. The van der Waals surface area contributed by atoms with Crippen molar-refractivity contribution in [1.29, 1.82) is 0 Å². The standard InChI is InChI=1S/C27H32N2O2/c1-12-13(2)18(7)23(19(8)14(12)3)11-29-26-22(25(28-29)27(30)31)10-21-17(6)15(4)16(5)20(9)24(21)26/h10-11H2,1-9H3,(H,30,31).